The zero-order valence-electron chi connectivity index (χ0n) is 19.0. The van der Waals surface area contributed by atoms with Crippen LogP contribution in [0.5, 0.6) is 0 Å². The van der Waals surface area contributed by atoms with Gasteiger partial charge in [0.2, 0.25) is 15.9 Å². The summed E-state index contributed by atoms with van der Waals surface area (Å²) >= 11 is 0. The van der Waals surface area contributed by atoms with Crippen LogP contribution >= 0.6 is 0 Å². The van der Waals surface area contributed by atoms with Crippen LogP contribution in [0, 0.1) is 5.92 Å². The van der Waals surface area contributed by atoms with Crippen molar-refractivity contribution in [1.29, 1.82) is 0 Å². The van der Waals surface area contributed by atoms with E-state index in [9.17, 15) is 13.2 Å². The summed E-state index contributed by atoms with van der Waals surface area (Å²) in [6.07, 6.45) is 6.52. The number of carbonyl (C=O) groups is 1. The number of benzene rings is 2. The summed E-state index contributed by atoms with van der Waals surface area (Å²) in [4.78, 5) is 12.3. The van der Waals surface area contributed by atoms with Gasteiger partial charge in [-0.1, -0.05) is 81.6 Å². The largest absolute Gasteiger partial charge is 0.356 e. The third-order valence-electron chi connectivity index (χ3n) is 5.55. The second kappa shape index (κ2) is 12.5. The van der Waals surface area contributed by atoms with Crippen LogP contribution in [0.25, 0.3) is 11.1 Å². The number of hydrogen-bond donors (Lipinski definition) is 1. The van der Waals surface area contributed by atoms with E-state index in [1.54, 1.807) is 0 Å². The molecule has 0 unspecified atom stereocenters. The lowest BCUT2D eigenvalue weighted by Crippen LogP contribution is -2.33. The van der Waals surface area contributed by atoms with E-state index in [1.807, 2.05) is 54.6 Å². The fourth-order valence-electron chi connectivity index (χ4n) is 3.69. The Morgan fingerprint density at radius 3 is 2.32 bits per heavy atom. The minimum Gasteiger partial charge on any atom is -0.356 e. The molecule has 2 aromatic carbocycles. The minimum absolute atomic E-state index is 0.0141. The highest BCUT2D eigenvalue weighted by Gasteiger charge is 2.21. The van der Waals surface area contributed by atoms with Crippen molar-refractivity contribution >= 4 is 21.6 Å². The number of sulfonamides is 1. The number of unbranched alkanes of at least 4 members (excludes halogenated alkanes) is 1. The topological polar surface area (TPSA) is 66.5 Å². The lowest BCUT2D eigenvalue weighted by molar-refractivity contribution is -0.121. The Balaban J connectivity index is 2.03. The normalized spacial score (nSPS) is 12.4. The van der Waals surface area contributed by atoms with Gasteiger partial charge >= 0.3 is 0 Å². The van der Waals surface area contributed by atoms with Gasteiger partial charge in [0.15, 0.2) is 0 Å². The molecule has 5 nitrogen and oxygen atoms in total. The van der Waals surface area contributed by atoms with Gasteiger partial charge in [0, 0.05) is 25.1 Å². The summed E-state index contributed by atoms with van der Waals surface area (Å²) in [5.41, 5.74) is 2.46. The molecule has 170 valence electrons. The van der Waals surface area contributed by atoms with Crippen molar-refractivity contribution in [1.82, 2.24) is 5.32 Å². The number of rotatable bonds is 13. The van der Waals surface area contributed by atoms with Crippen LogP contribution in [0.15, 0.2) is 54.6 Å². The van der Waals surface area contributed by atoms with Gasteiger partial charge in [-0.3, -0.25) is 9.10 Å². The van der Waals surface area contributed by atoms with Gasteiger partial charge < -0.3 is 5.32 Å². The maximum atomic E-state index is 12.6. The van der Waals surface area contributed by atoms with Crippen molar-refractivity contribution in [3.63, 3.8) is 0 Å². The number of anilines is 1. The Morgan fingerprint density at radius 1 is 1.00 bits per heavy atom. The van der Waals surface area contributed by atoms with Crippen LogP contribution in [0.1, 0.15) is 52.4 Å². The molecule has 2 rings (SSSR count). The van der Waals surface area contributed by atoms with Crippen LogP contribution in [-0.4, -0.2) is 33.7 Å². The van der Waals surface area contributed by atoms with E-state index in [-0.39, 0.29) is 12.5 Å². The molecule has 31 heavy (non-hydrogen) atoms. The van der Waals surface area contributed by atoms with Crippen LogP contribution in [0.3, 0.4) is 0 Å². The number of nitrogens with zero attached hydrogens (tertiary/aromatic N) is 1. The molecule has 0 aromatic heterocycles. The summed E-state index contributed by atoms with van der Waals surface area (Å²) in [5.74, 6) is 0.494. The van der Waals surface area contributed by atoms with Crippen molar-refractivity contribution in [2.75, 3.05) is 23.7 Å². The molecule has 0 aliphatic rings. The summed E-state index contributed by atoms with van der Waals surface area (Å²) in [6.45, 7) is 5.29. The first-order valence-corrected chi connectivity index (χ1v) is 13.1. The molecule has 0 heterocycles. The Hall–Kier alpha value is -2.34. The molecule has 1 N–H and O–H groups in total. The van der Waals surface area contributed by atoms with Crippen LogP contribution < -0.4 is 9.62 Å². The fourth-order valence-corrected chi connectivity index (χ4v) is 4.67. The van der Waals surface area contributed by atoms with Crippen molar-refractivity contribution in [2.24, 2.45) is 5.92 Å². The summed E-state index contributed by atoms with van der Waals surface area (Å²) in [5, 5.41) is 3.03. The number of hydrogen-bond acceptors (Lipinski definition) is 3. The molecule has 0 spiro atoms. The maximum Gasteiger partial charge on any atom is 0.232 e. The molecule has 0 fully saturated rings. The zero-order valence-corrected chi connectivity index (χ0v) is 19.8. The smallest absolute Gasteiger partial charge is 0.232 e. The molecule has 2 aromatic rings. The lowest BCUT2D eigenvalue weighted by atomic mass is 9.99. The molecule has 0 radical (unpaired) electrons. The van der Waals surface area contributed by atoms with Gasteiger partial charge in [0.1, 0.15) is 0 Å². The average Bonchev–Trinajstić information content (AvgIpc) is 2.76. The third kappa shape index (κ3) is 8.02. The SMILES string of the molecule is CCCC[C@H](CC)CNC(=O)CCCN(c1ccccc1-c1ccccc1)S(C)(=O)=O. The molecule has 0 saturated heterocycles. The van der Waals surface area contributed by atoms with E-state index < -0.39 is 10.0 Å². The van der Waals surface area contributed by atoms with Crippen molar-refractivity contribution in [3.8, 4) is 11.1 Å². The van der Waals surface area contributed by atoms with Crippen molar-refractivity contribution in [2.45, 2.75) is 52.4 Å². The summed E-state index contributed by atoms with van der Waals surface area (Å²) in [7, 11) is -3.48. The van der Waals surface area contributed by atoms with E-state index in [2.05, 4.69) is 19.2 Å². The van der Waals surface area contributed by atoms with E-state index in [1.165, 1.54) is 17.0 Å². The van der Waals surface area contributed by atoms with Gasteiger partial charge in [-0.15, -0.1) is 0 Å². The number of para-hydroxylation sites is 1. The molecule has 1 atom stereocenters. The molecular formula is C25H36N2O3S. The summed E-state index contributed by atoms with van der Waals surface area (Å²) < 4.78 is 26.6. The average molecular weight is 445 g/mol. The van der Waals surface area contributed by atoms with Gasteiger partial charge in [0.25, 0.3) is 0 Å². The molecule has 6 heteroatoms. The first-order valence-electron chi connectivity index (χ1n) is 11.3. The first kappa shape index (κ1) is 24.9. The highest BCUT2D eigenvalue weighted by Crippen LogP contribution is 2.32. The molecular weight excluding hydrogens is 408 g/mol. The second-order valence-electron chi connectivity index (χ2n) is 8.04. The van der Waals surface area contributed by atoms with Crippen LogP contribution in [0.4, 0.5) is 5.69 Å². The Kier molecular flexibility index (Phi) is 10.0. The maximum absolute atomic E-state index is 12.6. The predicted octanol–water partition coefficient (Wildman–Crippen LogP) is 5.23. The monoisotopic (exact) mass is 444 g/mol. The number of amides is 1. The molecule has 0 aliphatic heterocycles. The van der Waals surface area contributed by atoms with Gasteiger partial charge in [-0.05, 0) is 30.4 Å². The van der Waals surface area contributed by atoms with Crippen molar-refractivity contribution < 1.29 is 13.2 Å². The molecule has 0 aliphatic carbocycles. The molecule has 0 saturated carbocycles. The van der Waals surface area contributed by atoms with Gasteiger partial charge in [-0.2, -0.15) is 0 Å². The summed E-state index contributed by atoms with van der Waals surface area (Å²) in [6, 6.07) is 17.2. The Bertz CT molecular complexity index is 913. The second-order valence-corrected chi connectivity index (χ2v) is 9.95. The number of nitrogens with one attached hydrogen (secondary N) is 1. The first-order chi connectivity index (χ1) is 14.9. The fraction of sp³-hybridized carbons (Fsp3) is 0.480. The highest BCUT2D eigenvalue weighted by atomic mass is 32.2. The predicted molar refractivity (Wildman–Crippen MR) is 130 cm³/mol. The van der Waals surface area contributed by atoms with Gasteiger partial charge in [-0.25, -0.2) is 8.42 Å². The standard InChI is InChI=1S/C25H36N2O3S/c1-4-6-13-21(5-2)20-26-25(28)18-12-19-27(31(3,29)30)24-17-11-10-16-23(24)22-14-8-7-9-15-22/h7-11,14-17,21H,4-6,12-13,18-20H2,1-3H3,(H,26,28)/t21-/m0/s1. The van der Waals surface area contributed by atoms with E-state index in [4.69, 9.17) is 0 Å². The van der Waals surface area contributed by atoms with Crippen LogP contribution in [-0.2, 0) is 14.8 Å². The Morgan fingerprint density at radius 2 is 1.68 bits per heavy atom. The van der Waals surface area contributed by atoms with Crippen LogP contribution in [0.2, 0.25) is 0 Å². The van der Waals surface area contributed by atoms with E-state index in [0.717, 1.165) is 30.4 Å². The van der Waals surface area contributed by atoms with Gasteiger partial charge in [0.05, 0.1) is 11.9 Å². The van der Waals surface area contributed by atoms with Crippen molar-refractivity contribution in [3.05, 3.63) is 54.6 Å². The quantitative estimate of drug-likeness (QED) is 0.460. The van der Waals surface area contributed by atoms with E-state index >= 15 is 0 Å². The molecule has 1 amide bonds. The molecule has 0 bridgehead atoms. The third-order valence-corrected chi connectivity index (χ3v) is 6.73. The zero-order chi connectivity index (χ0) is 22.7. The minimum atomic E-state index is -3.48. The number of carbonyl (C=O) groups excluding carboxylic acids is 1. The highest BCUT2D eigenvalue weighted by molar-refractivity contribution is 7.92. The Labute approximate surface area is 187 Å². The van der Waals surface area contributed by atoms with E-state index in [0.29, 0.717) is 31.0 Å². The lowest BCUT2D eigenvalue weighted by Gasteiger charge is -2.25.